The molecule has 0 heterocycles. The van der Waals surface area contributed by atoms with Gasteiger partial charge in [0.25, 0.3) is 0 Å². The maximum atomic E-state index is 10.7. The average molecular weight is 327 g/mol. The predicted octanol–water partition coefficient (Wildman–Crippen LogP) is 5.12. The van der Waals surface area contributed by atoms with Gasteiger partial charge in [-0.25, -0.2) is 0 Å². The molecule has 2 aromatic carbocycles. The minimum absolute atomic E-state index is 0.219. The zero-order chi connectivity index (χ0) is 14.7. The van der Waals surface area contributed by atoms with Crippen molar-refractivity contribution in [3.8, 4) is 17.6 Å². The molecule has 2 aromatic rings. The van der Waals surface area contributed by atoms with E-state index in [2.05, 4.69) is 0 Å². The Morgan fingerprint density at radius 1 is 1.00 bits per heavy atom. The number of halogens is 3. The fourth-order valence-electron chi connectivity index (χ4n) is 1.50. The van der Waals surface area contributed by atoms with Crippen LogP contribution in [0.5, 0.6) is 11.5 Å². The molecule has 0 aliphatic rings. The van der Waals surface area contributed by atoms with Crippen LogP contribution in [0.2, 0.25) is 15.1 Å². The highest BCUT2D eigenvalue weighted by atomic mass is 35.5. The number of carbonyl (C=O) groups is 1. The summed E-state index contributed by atoms with van der Waals surface area (Å²) in [7, 11) is 0. The number of rotatable bonds is 3. The molecule has 0 unspecified atom stereocenters. The van der Waals surface area contributed by atoms with E-state index >= 15 is 0 Å². The SMILES string of the molecule is N#Cc1cc(C=O)ccc1Oc1cc(Cl)c(Cl)cc1Cl. The maximum Gasteiger partial charge on any atom is 0.150 e. The van der Waals surface area contributed by atoms with Crippen LogP contribution < -0.4 is 4.74 Å². The molecule has 0 radical (unpaired) electrons. The molecule has 0 bridgehead atoms. The molecular formula is C14H6Cl3NO2. The van der Waals surface area contributed by atoms with Crippen molar-refractivity contribution in [2.75, 3.05) is 0 Å². The topological polar surface area (TPSA) is 50.1 Å². The summed E-state index contributed by atoms with van der Waals surface area (Å²) < 4.78 is 5.55. The first-order valence-corrected chi connectivity index (χ1v) is 6.50. The summed E-state index contributed by atoms with van der Waals surface area (Å²) >= 11 is 17.7. The molecule has 0 fully saturated rings. The Morgan fingerprint density at radius 2 is 1.70 bits per heavy atom. The van der Waals surface area contributed by atoms with E-state index in [4.69, 9.17) is 44.8 Å². The number of carbonyl (C=O) groups excluding carboxylic acids is 1. The molecule has 20 heavy (non-hydrogen) atoms. The Kier molecular flexibility index (Phi) is 4.51. The van der Waals surface area contributed by atoms with E-state index in [0.29, 0.717) is 16.9 Å². The number of nitriles is 1. The van der Waals surface area contributed by atoms with Gasteiger partial charge in [-0.15, -0.1) is 0 Å². The number of ether oxygens (including phenoxy) is 1. The van der Waals surface area contributed by atoms with E-state index in [1.807, 2.05) is 6.07 Å². The lowest BCUT2D eigenvalue weighted by atomic mass is 10.1. The third-order valence-corrected chi connectivity index (χ3v) is 3.47. The van der Waals surface area contributed by atoms with Crippen molar-refractivity contribution in [1.29, 1.82) is 5.26 Å². The van der Waals surface area contributed by atoms with Crippen molar-refractivity contribution in [3.05, 3.63) is 56.5 Å². The minimum atomic E-state index is 0.219. The van der Waals surface area contributed by atoms with Gasteiger partial charge in [0.2, 0.25) is 0 Å². The molecule has 3 nitrogen and oxygen atoms in total. The van der Waals surface area contributed by atoms with Gasteiger partial charge in [-0.05, 0) is 24.3 Å². The lowest BCUT2D eigenvalue weighted by Gasteiger charge is -2.10. The van der Waals surface area contributed by atoms with Crippen LogP contribution >= 0.6 is 34.8 Å². The van der Waals surface area contributed by atoms with Gasteiger partial charge in [-0.3, -0.25) is 4.79 Å². The summed E-state index contributed by atoms with van der Waals surface area (Å²) in [5.74, 6) is 0.551. The molecule has 0 aromatic heterocycles. The molecule has 0 atom stereocenters. The Bertz CT molecular complexity index is 723. The van der Waals surface area contributed by atoms with Gasteiger partial charge in [-0.2, -0.15) is 5.26 Å². The molecule has 0 saturated heterocycles. The number of aldehydes is 1. The summed E-state index contributed by atoms with van der Waals surface area (Å²) in [5.41, 5.74) is 0.603. The van der Waals surface area contributed by atoms with E-state index in [1.165, 1.54) is 30.3 Å². The highest BCUT2D eigenvalue weighted by Crippen LogP contribution is 2.37. The Hall–Kier alpha value is -1.73. The second kappa shape index (κ2) is 6.15. The van der Waals surface area contributed by atoms with Gasteiger partial charge < -0.3 is 4.74 Å². The summed E-state index contributed by atoms with van der Waals surface area (Å²) in [6.07, 6.45) is 0.650. The van der Waals surface area contributed by atoms with E-state index in [9.17, 15) is 4.79 Å². The molecular weight excluding hydrogens is 321 g/mol. The third kappa shape index (κ3) is 3.05. The van der Waals surface area contributed by atoms with Crippen LogP contribution in [0.1, 0.15) is 15.9 Å². The van der Waals surface area contributed by atoms with Gasteiger partial charge in [0, 0.05) is 11.6 Å². The smallest absolute Gasteiger partial charge is 0.150 e. The normalized spacial score (nSPS) is 9.90. The van der Waals surface area contributed by atoms with Crippen molar-refractivity contribution < 1.29 is 9.53 Å². The van der Waals surface area contributed by atoms with Crippen LogP contribution in [0.15, 0.2) is 30.3 Å². The fraction of sp³-hybridized carbons (Fsp3) is 0. The zero-order valence-corrected chi connectivity index (χ0v) is 12.1. The van der Waals surface area contributed by atoms with Crippen LogP contribution in [0.25, 0.3) is 0 Å². The first-order chi connectivity index (χ1) is 9.55. The quantitative estimate of drug-likeness (QED) is 0.581. The van der Waals surface area contributed by atoms with Gasteiger partial charge in [0.1, 0.15) is 23.9 Å². The van der Waals surface area contributed by atoms with Crippen molar-refractivity contribution in [2.45, 2.75) is 0 Å². The molecule has 6 heteroatoms. The van der Waals surface area contributed by atoms with E-state index < -0.39 is 0 Å². The standard InChI is InChI=1S/C14H6Cl3NO2/c15-10-4-12(17)14(5-11(10)16)20-13-2-1-8(7-19)3-9(13)6-18/h1-5,7H. The maximum absolute atomic E-state index is 10.7. The average Bonchev–Trinajstić information content (AvgIpc) is 2.45. The van der Waals surface area contributed by atoms with E-state index in [1.54, 1.807) is 0 Å². The largest absolute Gasteiger partial charge is 0.454 e. The molecule has 0 saturated carbocycles. The molecule has 0 N–H and O–H groups in total. The second-order valence-electron chi connectivity index (χ2n) is 3.78. The van der Waals surface area contributed by atoms with Gasteiger partial charge in [0.05, 0.1) is 20.6 Å². The third-order valence-electron chi connectivity index (χ3n) is 2.45. The van der Waals surface area contributed by atoms with Crippen molar-refractivity contribution in [3.63, 3.8) is 0 Å². The number of nitrogens with zero attached hydrogens (tertiary/aromatic N) is 1. The lowest BCUT2D eigenvalue weighted by molar-refractivity contribution is 0.112. The second-order valence-corrected chi connectivity index (χ2v) is 5.01. The minimum Gasteiger partial charge on any atom is -0.454 e. The molecule has 100 valence electrons. The number of benzene rings is 2. The van der Waals surface area contributed by atoms with Crippen molar-refractivity contribution in [2.24, 2.45) is 0 Å². The molecule has 0 spiro atoms. The highest BCUT2D eigenvalue weighted by Gasteiger charge is 2.11. The van der Waals surface area contributed by atoms with Crippen LogP contribution in [0, 0.1) is 11.3 Å². The summed E-state index contributed by atoms with van der Waals surface area (Å²) in [6.45, 7) is 0. The first kappa shape index (κ1) is 14.7. The van der Waals surface area contributed by atoms with Crippen molar-refractivity contribution >= 4 is 41.1 Å². The Labute approximate surface area is 130 Å². The Morgan fingerprint density at radius 3 is 2.35 bits per heavy atom. The van der Waals surface area contributed by atoms with Crippen LogP contribution in [-0.2, 0) is 0 Å². The van der Waals surface area contributed by atoms with Gasteiger partial charge in [-0.1, -0.05) is 34.8 Å². The molecule has 2 rings (SSSR count). The number of hydrogen-bond acceptors (Lipinski definition) is 3. The summed E-state index contributed by atoms with van der Waals surface area (Å²) in [6, 6.07) is 9.34. The first-order valence-electron chi connectivity index (χ1n) is 5.37. The van der Waals surface area contributed by atoms with Crippen LogP contribution in [0.4, 0.5) is 0 Å². The summed E-state index contributed by atoms with van der Waals surface area (Å²) in [5, 5.41) is 9.92. The molecule has 0 amide bonds. The summed E-state index contributed by atoms with van der Waals surface area (Å²) in [4.78, 5) is 10.7. The van der Waals surface area contributed by atoms with Gasteiger partial charge in [0.15, 0.2) is 0 Å². The van der Waals surface area contributed by atoms with Crippen molar-refractivity contribution in [1.82, 2.24) is 0 Å². The van der Waals surface area contributed by atoms with Gasteiger partial charge >= 0.3 is 0 Å². The lowest BCUT2D eigenvalue weighted by Crippen LogP contribution is -1.91. The monoisotopic (exact) mass is 325 g/mol. The predicted molar refractivity (Wildman–Crippen MR) is 78.1 cm³/mol. The zero-order valence-electron chi connectivity index (χ0n) is 9.86. The number of hydrogen-bond donors (Lipinski definition) is 0. The van der Waals surface area contributed by atoms with Crippen LogP contribution in [-0.4, -0.2) is 6.29 Å². The van der Waals surface area contributed by atoms with E-state index in [-0.39, 0.29) is 27.1 Å². The van der Waals surface area contributed by atoms with E-state index in [0.717, 1.165) is 0 Å². The fourth-order valence-corrected chi connectivity index (χ4v) is 2.07. The molecule has 0 aliphatic carbocycles. The highest BCUT2D eigenvalue weighted by molar-refractivity contribution is 6.43. The van der Waals surface area contributed by atoms with Crippen LogP contribution in [0.3, 0.4) is 0 Å². The Balaban J connectivity index is 2.43. The molecule has 0 aliphatic heterocycles.